The molecule has 222 valence electrons. The van der Waals surface area contributed by atoms with Gasteiger partial charge in [0, 0.05) is 48.7 Å². The maximum atomic E-state index is 14.2. The van der Waals surface area contributed by atoms with Crippen molar-refractivity contribution >= 4 is 29.3 Å². The summed E-state index contributed by atoms with van der Waals surface area (Å²) < 4.78 is 0. The maximum Gasteiger partial charge on any atom is 0.238 e. The second-order valence-electron chi connectivity index (χ2n) is 14.7. The summed E-state index contributed by atoms with van der Waals surface area (Å²) in [4.78, 5) is 46.7. The van der Waals surface area contributed by atoms with Gasteiger partial charge in [-0.3, -0.25) is 19.3 Å². The standard InChI is InChI=1S/C32H49ClN4O3/c1-30(2,3)36-19-25(21-8-10-22(33)11-9-21)26(20-36)27(38)35-17-14-24(18-35)37(29(40)32(6,7)28(34)39)23-12-15-31(4,5)16-13-23/h8-11,23-26H,12-20H2,1-7H3,(H2,34,39)/t24-,25+,26?/m0/s1. The number of hydrogen-bond donors (Lipinski definition) is 1. The van der Waals surface area contributed by atoms with E-state index in [4.69, 9.17) is 17.3 Å². The quantitative estimate of drug-likeness (QED) is 0.483. The fourth-order valence-corrected chi connectivity index (χ4v) is 6.90. The number of nitrogens with zero attached hydrogens (tertiary/aromatic N) is 3. The fourth-order valence-electron chi connectivity index (χ4n) is 6.77. The Hall–Kier alpha value is -2.12. The summed E-state index contributed by atoms with van der Waals surface area (Å²) >= 11 is 6.18. The van der Waals surface area contributed by atoms with E-state index in [0.717, 1.165) is 37.8 Å². The van der Waals surface area contributed by atoms with Crippen LogP contribution in [0.15, 0.2) is 24.3 Å². The first-order chi connectivity index (χ1) is 18.5. The van der Waals surface area contributed by atoms with Crippen LogP contribution in [-0.2, 0) is 14.4 Å². The minimum atomic E-state index is -1.29. The van der Waals surface area contributed by atoms with Gasteiger partial charge in [0.1, 0.15) is 5.41 Å². The summed E-state index contributed by atoms with van der Waals surface area (Å²) in [6.45, 7) is 17.0. The van der Waals surface area contributed by atoms with Gasteiger partial charge in [-0.2, -0.15) is 0 Å². The lowest BCUT2D eigenvalue weighted by Gasteiger charge is -2.45. The Bertz CT molecular complexity index is 1100. The molecule has 2 N–H and O–H groups in total. The predicted octanol–water partition coefficient (Wildman–Crippen LogP) is 5.06. The van der Waals surface area contributed by atoms with E-state index >= 15 is 0 Å². The first-order valence-electron chi connectivity index (χ1n) is 14.9. The van der Waals surface area contributed by atoms with Crippen LogP contribution in [0.1, 0.15) is 92.1 Å². The number of halogens is 1. The molecule has 3 atom stereocenters. The highest BCUT2D eigenvalue weighted by atomic mass is 35.5. The molecule has 4 rings (SSSR count). The van der Waals surface area contributed by atoms with E-state index in [-0.39, 0.29) is 46.7 Å². The molecule has 1 saturated carbocycles. The van der Waals surface area contributed by atoms with Crippen LogP contribution in [0.3, 0.4) is 0 Å². The summed E-state index contributed by atoms with van der Waals surface area (Å²) in [5.74, 6) is -0.747. The Balaban J connectivity index is 1.56. The molecular weight excluding hydrogens is 524 g/mol. The van der Waals surface area contributed by atoms with Crippen molar-refractivity contribution in [1.82, 2.24) is 14.7 Å². The average Bonchev–Trinajstić information content (AvgIpc) is 3.53. The molecule has 0 radical (unpaired) electrons. The highest BCUT2D eigenvalue weighted by Crippen LogP contribution is 2.41. The minimum Gasteiger partial charge on any atom is -0.369 e. The molecule has 2 aliphatic heterocycles. The smallest absolute Gasteiger partial charge is 0.238 e. The summed E-state index contributed by atoms with van der Waals surface area (Å²) in [5.41, 5.74) is 5.75. The molecule has 1 aliphatic carbocycles. The molecule has 1 aromatic carbocycles. The number of amides is 3. The van der Waals surface area contributed by atoms with Crippen molar-refractivity contribution < 1.29 is 14.4 Å². The third-order valence-corrected chi connectivity index (χ3v) is 10.1. The van der Waals surface area contributed by atoms with Crippen LogP contribution in [-0.4, -0.2) is 76.2 Å². The number of hydrogen-bond acceptors (Lipinski definition) is 4. The van der Waals surface area contributed by atoms with Crippen molar-refractivity contribution in [3.8, 4) is 0 Å². The lowest BCUT2D eigenvalue weighted by molar-refractivity contribution is -0.152. The van der Waals surface area contributed by atoms with Gasteiger partial charge in [0.2, 0.25) is 17.7 Å². The lowest BCUT2D eigenvalue weighted by atomic mass is 9.74. The number of carbonyl (C=O) groups excluding carboxylic acids is 3. The highest BCUT2D eigenvalue weighted by Gasteiger charge is 2.48. The Morgan fingerprint density at radius 3 is 2.08 bits per heavy atom. The monoisotopic (exact) mass is 572 g/mol. The van der Waals surface area contributed by atoms with Crippen LogP contribution in [0.2, 0.25) is 5.02 Å². The molecule has 3 fully saturated rings. The van der Waals surface area contributed by atoms with Gasteiger partial charge in [-0.1, -0.05) is 37.6 Å². The summed E-state index contributed by atoms with van der Waals surface area (Å²) in [6, 6.07) is 7.84. The van der Waals surface area contributed by atoms with E-state index < -0.39 is 11.3 Å². The number of primary amides is 1. The molecule has 0 bridgehead atoms. The van der Waals surface area contributed by atoms with E-state index in [1.807, 2.05) is 34.1 Å². The third-order valence-electron chi connectivity index (χ3n) is 9.84. The number of benzene rings is 1. The fraction of sp³-hybridized carbons (Fsp3) is 0.719. The Morgan fingerprint density at radius 2 is 1.52 bits per heavy atom. The topological polar surface area (TPSA) is 87.0 Å². The first-order valence-corrected chi connectivity index (χ1v) is 15.3. The van der Waals surface area contributed by atoms with Crippen LogP contribution < -0.4 is 5.73 Å². The van der Waals surface area contributed by atoms with Crippen molar-refractivity contribution in [2.75, 3.05) is 26.2 Å². The van der Waals surface area contributed by atoms with E-state index in [9.17, 15) is 14.4 Å². The number of nitrogens with two attached hydrogens (primary N) is 1. The Kier molecular flexibility index (Phi) is 8.69. The van der Waals surface area contributed by atoms with Gasteiger partial charge in [-0.15, -0.1) is 0 Å². The van der Waals surface area contributed by atoms with Gasteiger partial charge in [0.25, 0.3) is 0 Å². The molecular formula is C32H49ClN4O3. The van der Waals surface area contributed by atoms with Gasteiger partial charge in [-0.25, -0.2) is 0 Å². The van der Waals surface area contributed by atoms with E-state index in [2.05, 4.69) is 39.5 Å². The van der Waals surface area contributed by atoms with Crippen molar-refractivity contribution in [3.05, 3.63) is 34.9 Å². The molecule has 2 heterocycles. The number of carbonyl (C=O) groups is 3. The molecule has 3 amide bonds. The second-order valence-corrected chi connectivity index (χ2v) is 15.1. The van der Waals surface area contributed by atoms with Crippen LogP contribution in [0.5, 0.6) is 0 Å². The van der Waals surface area contributed by atoms with Crippen LogP contribution in [0, 0.1) is 16.7 Å². The largest absolute Gasteiger partial charge is 0.369 e. The van der Waals surface area contributed by atoms with Gasteiger partial charge in [-0.05, 0) is 89.8 Å². The van der Waals surface area contributed by atoms with Crippen molar-refractivity contribution in [2.45, 2.75) is 104 Å². The number of rotatable bonds is 6. The van der Waals surface area contributed by atoms with Crippen LogP contribution in [0.4, 0.5) is 0 Å². The molecule has 1 unspecified atom stereocenters. The van der Waals surface area contributed by atoms with Gasteiger partial charge in [0.05, 0.1) is 12.0 Å². The predicted molar refractivity (Wildman–Crippen MR) is 160 cm³/mol. The Labute approximate surface area is 245 Å². The van der Waals surface area contributed by atoms with Crippen molar-refractivity contribution in [3.63, 3.8) is 0 Å². The molecule has 40 heavy (non-hydrogen) atoms. The van der Waals surface area contributed by atoms with Crippen LogP contribution in [0.25, 0.3) is 0 Å². The molecule has 3 aliphatic rings. The minimum absolute atomic E-state index is 0.0500. The second kappa shape index (κ2) is 11.3. The summed E-state index contributed by atoms with van der Waals surface area (Å²) in [6.07, 6.45) is 4.58. The van der Waals surface area contributed by atoms with E-state index in [1.54, 1.807) is 13.8 Å². The normalized spacial score (nSPS) is 26.2. The first kappa shape index (κ1) is 30.8. The zero-order valence-electron chi connectivity index (χ0n) is 25.5. The highest BCUT2D eigenvalue weighted by molar-refractivity contribution is 6.30. The number of likely N-dealkylation sites (tertiary alicyclic amines) is 2. The molecule has 0 aromatic heterocycles. The van der Waals surface area contributed by atoms with E-state index in [1.165, 1.54) is 0 Å². The van der Waals surface area contributed by atoms with Gasteiger partial charge < -0.3 is 15.5 Å². The third kappa shape index (κ3) is 6.35. The molecule has 0 spiro atoms. The molecule has 7 nitrogen and oxygen atoms in total. The molecule has 1 aromatic rings. The van der Waals surface area contributed by atoms with Crippen LogP contribution >= 0.6 is 11.6 Å². The lowest BCUT2D eigenvalue weighted by Crippen LogP contribution is -2.57. The zero-order chi connectivity index (χ0) is 29.6. The van der Waals surface area contributed by atoms with Gasteiger partial charge >= 0.3 is 0 Å². The Morgan fingerprint density at radius 1 is 0.925 bits per heavy atom. The molecule has 2 saturated heterocycles. The maximum absolute atomic E-state index is 14.2. The molecule has 8 heteroatoms. The van der Waals surface area contributed by atoms with Gasteiger partial charge in [0.15, 0.2) is 0 Å². The summed E-state index contributed by atoms with van der Waals surface area (Å²) in [7, 11) is 0. The zero-order valence-corrected chi connectivity index (χ0v) is 26.3. The van der Waals surface area contributed by atoms with E-state index in [0.29, 0.717) is 31.1 Å². The summed E-state index contributed by atoms with van der Waals surface area (Å²) in [5, 5.41) is 0.689. The average molecular weight is 573 g/mol. The SMILES string of the molecule is CC1(C)CCC(N(C(=O)C(C)(C)C(N)=O)[C@H]2CCN(C(=O)C3CN(C(C)(C)C)C[C@@H]3c3ccc(Cl)cc3)C2)CC1. The van der Waals surface area contributed by atoms with Crippen molar-refractivity contribution in [1.29, 1.82) is 0 Å². The van der Waals surface area contributed by atoms with Crippen molar-refractivity contribution in [2.24, 2.45) is 22.5 Å².